The van der Waals surface area contributed by atoms with Crippen LogP contribution in [0, 0.1) is 5.92 Å². The number of aromatic nitrogens is 1. The second-order valence-corrected chi connectivity index (χ2v) is 8.31. The smallest absolute Gasteiger partial charge is 0.0484 e. The van der Waals surface area contributed by atoms with Gasteiger partial charge in [0, 0.05) is 49.3 Å². The minimum absolute atomic E-state index is 0.318. The van der Waals surface area contributed by atoms with Crippen molar-refractivity contribution in [3.05, 3.63) is 35.0 Å². The van der Waals surface area contributed by atoms with Gasteiger partial charge in [0.25, 0.3) is 0 Å². The molecule has 3 nitrogen and oxygen atoms in total. The maximum absolute atomic E-state index is 6.57. The minimum Gasteiger partial charge on any atom is -0.350 e. The van der Waals surface area contributed by atoms with Crippen molar-refractivity contribution >= 4 is 10.9 Å². The zero-order valence-corrected chi connectivity index (χ0v) is 15.4. The number of aryl methyl sites for hydroxylation is 1. The lowest BCUT2D eigenvalue weighted by atomic mass is 9.92. The summed E-state index contributed by atoms with van der Waals surface area (Å²) in [5.41, 5.74) is 12.4. The predicted molar refractivity (Wildman–Crippen MR) is 101 cm³/mol. The first-order valence-corrected chi connectivity index (χ1v) is 9.62. The third-order valence-corrected chi connectivity index (χ3v) is 6.33. The van der Waals surface area contributed by atoms with E-state index in [-0.39, 0.29) is 0 Å². The highest BCUT2D eigenvalue weighted by Crippen LogP contribution is 2.33. The molecule has 0 saturated heterocycles. The predicted octanol–water partition coefficient (Wildman–Crippen LogP) is 3.96. The first-order valence-electron chi connectivity index (χ1n) is 9.62. The van der Waals surface area contributed by atoms with E-state index in [9.17, 15) is 0 Å². The summed E-state index contributed by atoms with van der Waals surface area (Å²) in [4.78, 5) is 2.55. The van der Waals surface area contributed by atoms with Gasteiger partial charge in [-0.15, -0.1) is 0 Å². The highest BCUT2D eigenvalue weighted by Gasteiger charge is 2.25. The molecule has 1 fully saturated rings. The lowest BCUT2D eigenvalue weighted by molar-refractivity contribution is 0.227. The van der Waals surface area contributed by atoms with Crippen molar-refractivity contribution in [1.82, 2.24) is 9.47 Å². The molecule has 1 saturated carbocycles. The number of hydrogen-bond acceptors (Lipinski definition) is 2. The lowest BCUT2D eigenvalue weighted by Gasteiger charge is -2.19. The van der Waals surface area contributed by atoms with Crippen molar-refractivity contribution in [2.45, 2.75) is 71.1 Å². The number of benzene rings is 1. The molecule has 1 aromatic carbocycles. The van der Waals surface area contributed by atoms with Gasteiger partial charge in [0.15, 0.2) is 0 Å². The molecule has 2 aromatic rings. The van der Waals surface area contributed by atoms with Gasteiger partial charge in [-0.2, -0.15) is 0 Å². The van der Waals surface area contributed by atoms with Crippen molar-refractivity contribution in [2.24, 2.45) is 18.7 Å². The summed E-state index contributed by atoms with van der Waals surface area (Å²) >= 11 is 0. The van der Waals surface area contributed by atoms with E-state index in [1.54, 1.807) is 0 Å². The highest BCUT2D eigenvalue weighted by molar-refractivity contribution is 5.86. The zero-order valence-electron chi connectivity index (χ0n) is 15.4. The first kappa shape index (κ1) is 16.2. The van der Waals surface area contributed by atoms with Crippen LogP contribution in [0.15, 0.2) is 18.3 Å². The molecule has 1 atom stereocenters. The molecule has 0 bridgehead atoms. The van der Waals surface area contributed by atoms with Crippen LogP contribution in [0.1, 0.15) is 56.2 Å². The number of rotatable bonds is 4. The lowest BCUT2D eigenvalue weighted by Crippen LogP contribution is -2.30. The van der Waals surface area contributed by atoms with E-state index < -0.39 is 0 Å². The van der Waals surface area contributed by atoms with Gasteiger partial charge in [-0.1, -0.05) is 12.8 Å². The Labute approximate surface area is 145 Å². The minimum atomic E-state index is 0.318. The highest BCUT2D eigenvalue weighted by atomic mass is 15.2. The third kappa shape index (κ3) is 2.78. The van der Waals surface area contributed by atoms with Crippen LogP contribution in [0.3, 0.4) is 0 Å². The van der Waals surface area contributed by atoms with Crippen LogP contribution in [0.5, 0.6) is 0 Å². The topological polar surface area (TPSA) is 34.2 Å². The largest absolute Gasteiger partial charge is 0.350 e. The SMILES string of the molecule is CC(C)N1Cc2cc3c(CC(N)C4CCCC4)cn(C)c3cc2C1. The van der Waals surface area contributed by atoms with Gasteiger partial charge in [0.1, 0.15) is 0 Å². The molecule has 1 aromatic heterocycles. The summed E-state index contributed by atoms with van der Waals surface area (Å²) in [6, 6.07) is 5.79. The number of nitrogens with zero attached hydrogens (tertiary/aromatic N) is 2. The van der Waals surface area contributed by atoms with Gasteiger partial charge in [-0.3, -0.25) is 4.90 Å². The van der Waals surface area contributed by atoms with Crippen molar-refractivity contribution in [1.29, 1.82) is 0 Å². The van der Waals surface area contributed by atoms with Crippen molar-refractivity contribution < 1.29 is 0 Å². The fourth-order valence-electron chi connectivity index (χ4n) is 4.72. The fourth-order valence-corrected chi connectivity index (χ4v) is 4.72. The van der Waals surface area contributed by atoms with Gasteiger partial charge in [-0.25, -0.2) is 0 Å². The molecule has 4 rings (SSSR count). The average Bonchev–Trinajstić information content (AvgIpc) is 3.25. The van der Waals surface area contributed by atoms with Crippen LogP contribution >= 0.6 is 0 Å². The molecule has 130 valence electrons. The van der Waals surface area contributed by atoms with E-state index in [4.69, 9.17) is 5.73 Å². The zero-order chi connectivity index (χ0) is 16.8. The molecule has 1 aliphatic carbocycles. The Kier molecular flexibility index (Phi) is 4.17. The van der Waals surface area contributed by atoms with E-state index in [1.165, 1.54) is 53.3 Å². The second kappa shape index (κ2) is 6.20. The van der Waals surface area contributed by atoms with Gasteiger partial charge < -0.3 is 10.3 Å². The molecule has 2 heterocycles. The average molecular weight is 326 g/mol. The molecule has 2 N–H and O–H groups in total. The molecular formula is C21H31N3. The van der Waals surface area contributed by atoms with Crippen LogP contribution in [0.25, 0.3) is 10.9 Å². The quantitative estimate of drug-likeness (QED) is 0.923. The van der Waals surface area contributed by atoms with Gasteiger partial charge in [0.2, 0.25) is 0 Å². The van der Waals surface area contributed by atoms with Gasteiger partial charge in [-0.05, 0) is 67.9 Å². The number of fused-ring (bicyclic) bond motifs is 2. The molecule has 2 aliphatic rings. The molecule has 3 heteroatoms. The molecule has 0 amide bonds. The van der Waals surface area contributed by atoms with Crippen molar-refractivity contribution in [3.63, 3.8) is 0 Å². The number of nitrogens with two attached hydrogens (primary N) is 1. The summed E-state index contributed by atoms with van der Waals surface area (Å²) in [5.74, 6) is 0.728. The van der Waals surface area contributed by atoms with Crippen LogP contribution in [-0.2, 0) is 26.6 Å². The molecule has 1 unspecified atom stereocenters. The Morgan fingerprint density at radius 2 is 1.79 bits per heavy atom. The van der Waals surface area contributed by atoms with Crippen molar-refractivity contribution in [3.8, 4) is 0 Å². The van der Waals surface area contributed by atoms with Gasteiger partial charge in [0.05, 0.1) is 0 Å². The molecule has 0 spiro atoms. The maximum Gasteiger partial charge on any atom is 0.0484 e. The van der Waals surface area contributed by atoms with Crippen molar-refractivity contribution in [2.75, 3.05) is 0 Å². The molecule has 0 radical (unpaired) electrons. The van der Waals surface area contributed by atoms with E-state index >= 15 is 0 Å². The molecule has 1 aliphatic heterocycles. The number of hydrogen-bond donors (Lipinski definition) is 1. The Morgan fingerprint density at radius 3 is 2.46 bits per heavy atom. The molecule has 24 heavy (non-hydrogen) atoms. The Bertz CT molecular complexity index is 737. The van der Waals surface area contributed by atoms with E-state index in [2.05, 4.69) is 48.7 Å². The van der Waals surface area contributed by atoms with Crippen LogP contribution in [0.2, 0.25) is 0 Å². The Balaban J connectivity index is 1.64. The summed E-state index contributed by atoms with van der Waals surface area (Å²) in [5, 5.41) is 1.43. The van der Waals surface area contributed by atoms with E-state index in [0.717, 1.165) is 25.4 Å². The third-order valence-electron chi connectivity index (χ3n) is 6.33. The Hall–Kier alpha value is -1.32. The van der Waals surface area contributed by atoms with E-state index in [1.807, 2.05) is 0 Å². The first-order chi connectivity index (χ1) is 11.5. The molecular weight excluding hydrogens is 294 g/mol. The summed E-state index contributed by atoms with van der Waals surface area (Å²) in [6.45, 7) is 6.76. The fraction of sp³-hybridized carbons (Fsp3) is 0.619. The van der Waals surface area contributed by atoms with Crippen LogP contribution < -0.4 is 5.73 Å². The van der Waals surface area contributed by atoms with Gasteiger partial charge >= 0.3 is 0 Å². The van der Waals surface area contributed by atoms with Crippen LogP contribution in [0.4, 0.5) is 0 Å². The van der Waals surface area contributed by atoms with E-state index in [0.29, 0.717) is 12.1 Å². The summed E-state index contributed by atoms with van der Waals surface area (Å²) in [7, 11) is 2.18. The Morgan fingerprint density at radius 1 is 1.12 bits per heavy atom. The normalized spacial score (nSPS) is 20.4. The monoisotopic (exact) mass is 325 g/mol. The standard InChI is InChI=1S/C21H31N3/c1-14(2)24-12-16-8-19-18(9-20(22)15-6-4-5-7-15)11-23(3)21(19)10-17(16)13-24/h8,10-11,14-15,20H,4-7,9,12-13,22H2,1-3H3. The summed E-state index contributed by atoms with van der Waals surface area (Å²) < 4.78 is 2.30. The second-order valence-electron chi connectivity index (χ2n) is 8.31. The summed E-state index contributed by atoms with van der Waals surface area (Å²) in [6.07, 6.45) is 8.72. The maximum atomic E-state index is 6.57. The van der Waals surface area contributed by atoms with Crippen LogP contribution in [-0.4, -0.2) is 21.6 Å².